The fourth-order valence-corrected chi connectivity index (χ4v) is 1.55. The average molecular weight is 261 g/mol. The van der Waals surface area contributed by atoms with Gasteiger partial charge in [0.05, 0.1) is 0 Å². The second kappa shape index (κ2) is 4.93. The summed E-state index contributed by atoms with van der Waals surface area (Å²) in [6.07, 6.45) is 2.14. The summed E-state index contributed by atoms with van der Waals surface area (Å²) in [5.41, 5.74) is 7.66. The van der Waals surface area contributed by atoms with Crippen molar-refractivity contribution in [2.75, 3.05) is 5.73 Å². The maximum atomic E-state index is 11.7. The highest BCUT2D eigenvalue weighted by molar-refractivity contribution is 6.32. The Kier molecular flexibility index (Phi) is 4.05. The van der Waals surface area contributed by atoms with Crippen LogP contribution < -0.4 is 11.1 Å². The van der Waals surface area contributed by atoms with Crippen molar-refractivity contribution in [1.82, 2.24) is 5.32 Å². The molecule has 1 amide bonds. The minimum atomic E-state index is -0.0916. The first-order valence-corrected chi connectivity index (χ1v) is 5.32. The summed E-state index contributed by atoms with van der Waals surface area (Å²) in [7, 11) is 0. The van der Waals surface area contributed by atoms with Gasteiger partial charge in [-0.05, 0) is 37.5 Å². The number of hydrogen-bond donors (Lipinski definition) is 2. The molecule has 1 aromatic carbocycles. The highest BCUT2D eigenvalue weighted by Gasteiger charge is 2.24. The molecule has 1 aliphatic carbocycles. The Bertz CT molecular complexity index is 393. The van der Waals surface area contributed by atoms with Gasteiger partial charge in [-0.15, -0.1) is 12.4 Å². The van der Waals surface area contributed by atoms with E-state index in [0.717, 1.165) is 18.4 Å². The summed E-state index contributed by atoms with van der Waals surface area (Å²) >= 11 is 5.96. The maximum absolute atomic E-state index is 11.7. The number of nitrogen functional groups attached to an aromatic ring is 1. The molecule has 88 valence electrons. The van der Waals surface area contributed by atoms with Crippen LogP contribution in [0.1, 0.15) is 28.8 Å². The van der Waals surface area contributed by atoms with Crippen LogP contribution in [0.2, 0.25) is 5.02 Å². The summed E-state index contributed by atoms with van der Waals surface area (Å²) < 4.78 is 0. The average Bonchev–Trinajstić information content (AvgIpc) is 2.97. The van der Waals surface area contributed by atoms with Crippen molar-refractivity contribution in [3.05, 3.63) is 28.3 Å². The molecule has 16 heavy (non-hydrogen) atoms. The van der Waals surface area contributed by atoms with Crippen LogP contribution in [0.5, 0.6) is 0 Å². The molecule has 0 spiro atoms. The SMILES string of the molecule is Cc1c(N)cc(C(=O)NC2CC2)cc1Cl.Cl. The number of nitrogens with one attached hydrogen (secondary N) is 1. The van der Waals surface area contributed by atoms with Crippen LogP contribution in [-0.4, -0.2) is 11.9 Å². The van der Waals surface area contributed by atoms with Gasteiger partial charge in [0.2, 0.25) is 0 Å². The van der Waals surface area contributed by atoms with E-state index >= 15 is 0 Å². The zero-order valence-electron chi connectivity index (χ0n) is 8.92. The Labute approximate surface area is 106 Å². The summed E-state index contributed by atoms with van der Waals surface area (Å²) in [5, 5.41) is 3.43. The third-order valence-corrected chi connectivity index (χ3v) is 2.95. The van der Waals surface area contributed by atoms with Crippen molar-refractivity contribution in [3.8, 4) is 0 Å². The minimum Gasteiger partial charge on any atom is -0.398 e. The molecular weight excluding hydrogens is 247 g/mol. The normalized spacial score (nSPS) is 14.1. The first kappa shape index (κ1) is 13.1. The first-order chi connectivity index (χ1) is 7.08. The van der Waals surface area contributed by atoms with Crippen LogP contribution in [0, 0.1) is 6.92 Å². The lowest BCUT2D eigenvalue weighted by Crippen LogP contribution is -2.25. The van der Waals surface area contributed by atoms with Crippen molar-refractivity contribution in [3.63, 3.8) is 0 Å². The van der Waals surface area contributed by atoms with Crippen molar-refractivity contribution in [2.45, 2.75) is 25.8 Å². The number of halogens is 2. The van der Waals surface area contributed by atoms with Gasteiger partial charge in [0.1, 0.15) is 0 Å². The molecule has 0 aromatic heterocycles. The predicted molar refractivity (Wildman–Crippen MR) is 68.3 cm³/mol. The minimum absolute atomic E-state index is 0. The number of carbonyl (C=O) groups is 1. The molecule has 0 unspecified atom stereocenters. The van der Waals surface area contributed by atoms with Crippen molar-refractivity contribution >= 4 is 35.6 Å². The van der Waals surface area contributed by atoms with Gasteiger partial charge in [0, 0.05) is 22.3 Å². The molecule has 0 radical (unpaired) electrons. The molecule has 0 bridgehead atoms. The van der Waals surface area contributed by atoms with E-state index in [1.54, 1.807) is 12.1 Å². The molecule has 1 aromatic rings. The van der Waals surface area contributed by atoms with Crippen LogP contribution in [0.4, 0.5) is 5.69 Å². The van der Waals surface area contributed by atoms with Gasteiger partial charge < -0.3 is 11.1 Å². The van der Waals surface area contributed by atoms with Crippen molar-refractivity contribution in [1.29, 1.82) is 0 Å². The third-order valence-electron chi connectivity index (χ3n) is 2.56. The topological polar surface area (TPSA) is 55.1 Å². The van der Waals surface area contributed by atoms with E-state index in [4.69, 9.17) is 17.3 Å². The Hall–Kier alpha value is -0.930. The number of hydrogen-bond acceptors (Lipinski definition) is 2. The summed E-state index contributed by atoms with van der Waals surface area (Å²) in [4.78, 5) is 11.7. The van der Waals surface area contributed by atoms with Crippen LogP contribution in [0.3, 0.4) is 0 Å². The van der Waals surface area contributed by atoms with Gasteiger partial charge in [-0.3, -0.25) is 4.79 Å². The number of nitrogens with two attached hydrogens (primary N) is 1. The van der Waals surface area contributed by atoms with Gasteiger partial charge >= 0.3 is 0 Å². The summed E-state index contributed by atoms with van der Waals surface area (Å²) in [6, 6.07) is 3.67. The summed E-state index contributed by atoms with van der Waals surface area (Å²) in [5.74, 6) is -0.0916. The molecule has 3 N–H and O–H groups in total. The fourth-order valence-electron chi connectivity index (χ4n) is 1.33. The highest BCUT2D eigenvalue weighted by Crippen LogP contribution is 2.24. The molecule has 0 atom stereocenters. The van der Waals surface area contributed by atoms with E-state index in [1.807, 2.05) is 6.92 Å². The van der Waals surface area contributed by atoms with E-state index in [0.29, 0.717) is 22.3 Å². The molecule has 1 fully saturated rings. The van der Waals surface area contributed by atoms with Crippen LogP contribution in [0.25, 0.3) is 0 Å². The van der Waals surface area contributed by atoms with Gasteiger partial charge in [-0.1, -0.05) is 11.6 Å². The molecule has 0 saturated heterocycles. The smallest absolute Gasteiger partial charge is 0.251 e. The Morgan fingerprint density at radius 3 is 2.62 bits per heavy atom. The lowest BCUT2D eigenvalue weighted by Gasteiger charge is -2.07. The largest absolute Gasteiger partial charge is 0.398 e. The first-order valence-electron chi connectivity index (χ1n) is 4.94. The maximum Gasteiger partial charge on any atom is 0.251 e. The fraction of sp³-hybridized carbons (Fsp3) is 0.364. The lowest BCUT2D eigenvalue weighted by molar-refractivity contribution is 0.0951. The monoisotopic (exact) mass is 260 g/mol. The van der Waals surface area contributed by atoms with E-state index in [-0.39, 0.29) is 18.3 Å². The highest BCUT2D eigenvalue weighted by atomic mass is 35.5. The van der Waals surface area contributed by atoms with E-state index in [2.05, 4.69) is 5.32 Å². The number of anilines is 1. The van der Waals surface area contributed by atoms with Crippen molar-refractivity contribution in [2.24, 2.45) is 0 Å². The van der Waals surface area contributed by atoms with E-state index in [1.165, 1.54) is 0 Å². The Morgan fingerprint density at radius 2 is 2.12 bits per heavy atom. The van der Waals surface area contributed by atoms with E-state index in [9.17, 15) is 4.79 Å². The number of carbonyl (C=O) groups excluding carboxylic acids is 1. The molecular formula is C11H14Cl2N2O. The second-order valence-corrected chi connectivity index (χ2v) is 4.33. The standard InChI is InChI=1S/C11H13ClN2O.ClH/c1-6-9(12)4-7(5-10(6)13)11(15)14-8-2-3-8;/h4-5,8H,2-3,13H2,1H3,(H,14,15);1H. The zero-order valence-corrected chi connectivity index (χ0v) is 10.5. The van der Waals surface area contributed by atoms with Gasteiger partial charge in [-0.25, -0.2) is 0 Å². The molecule has 0 heterocycles. The molecule has 1 saturated carbocycles. The van der Waals surface area contributed by atoms with Crippen LogP contribution in [-0.2, 0) is 0 Å². The van der Waals surface area contributed by atoms with Gasteiger partial charge in [0.15, 0.2) is 0 Å². The number of amides is 1. The lowest BCUT2D eigenvalue weighted by atomic mass is 10.1. The van der Waals surface area contributed by atoms with Gasteiger partial charge in [-0.2, -0.15) is 0 Å². The van der Waals surface area contributed by atoms with Gasteiger partial charge in [0.25, 0.3) is 5.91 Å². The molecule has 3 nitrogen and oxygen atoms in total. The van der Waals surface area contributed by atoms with E-state index < -0.39 is 0 Å². The third kappa shape index (κ3) is 2.80. The summed E-state index contributed by atoms with van der Waals surface area (Å²) in [6.45, 7) is 1.83. The Balaban J connectivity index is 0.00000128. The molecule has 1 aliphatic rings. The molecule has 0 aliphatic heterocycles. The molecule has 2 rings (SSSR count). The number of rotatable bonds is 2. The quantitative estimate of drug-likeness (QED) is 0.804. The number of benzene rings is 1. The predicted octanol–water partition coefficient (Wildman–Crippen LogP) is 2.54. The Morgan fingerprint density at radius 1 is 1.50 bits per heavy atom. The molecule has 5 heteroatoms. The second-order valence-electron chi connectivity index (χ2n) is 3.92. The zero-order chi connectivity index (χ0) is 11.0. The van der Waals surface area contributed by atoms with Crippen molar-refractivity contribution < 1.29 is 4.79 Å². The van der Waals surface area contributed by atoms with Crippen LogP contribution >= 0.6 is 24.0 Å². The van der Waals surface area contributed by atoms with Crippen LogP contribution in [0.15, 0.2) is 12.1 Å².